The van der Waals surface area contributed by atoms with Crippen LogP contribution in [0.4, 0.5) is 0 Å². The molecule has 3 rings (SSSR count). The molecule has 1 amide bonds. The molecular weight excluding hydrogens is 350 g/mol. The number of hydrogen-bond donors (Lipinski definition) is 0. The first kappa shape index (κ1) is 19.1. The zero-order chi connectivity index (χ0) is 17.6. The van der Waals surface area contributed by atoms with Crippen molar-refractivity contribution in [2.45, 2.75) is 63.5 Å². The van der Waals surface area contributed by atoms with Gasteiger partial charge in [0.2, 0.25) is 5.91 Å². The zero-order valence-corrected chi connectivity index (χ0v) is 16.9. The monoisotopic (exact) mass is 379 g/mol. The van der Waals surface area contributed by atoms with Crippen molar-refractivity contribution in [3.8, 4) is 0 Å². The van der Waals surface area contributed by atoms with Gasteiger partial charge in [-0.3, -0.25) is 4.79 Å². The number of ether oxygens (including phenoxy) is 1. The van der Waals surface area contributed by atoms with E-state index in [1.165, 1.54) is 24.2 Å². The summed E-state index contributed by atoms with van der Waals surface area (Å²) in [6.45, 7) is 5.18. The van der Waals surface area contributed by atoms with Crippen LogP contribution in [0, 0.1) is 5.92 Å². The molecule has 5 heteroatoms. The second-order valence-electron chi connectivity index (χ2n) is 7.06. The lowest BCUT2D eigenvalue weighted by Crippen LogP contribution is -2.46. The molecule has 2 heterocycles. The molecule has 1 unspecified atom stereocenters. The number of hydrogen-bond acceptors (Lipinski definition) is 4. The molecule has 0 N–H and O–H groups in total. The van der Waals surface area contributed by atoms with Crippen LogP contribution in [0.3, 0.4) is 0 Å². The summed E-state index contributed by atoms with van der Waals surface area (Å²) in [5.41, 5.74) is 1.19. The Hall–Kier alpha value is -0.650. The fraction of sp³-hybridized carbons (Fsp3) is 0.650. The number of carbonyl (C=O) groups excluding carboxylic acids is 1. The molecule has 1 aromatic carbocycles. The maximum absolute atomic E-state index is 12.6. The lowest BCUT2D eigenvalue weighted by Gasteiger charge is -2.38. The van der Waals surface area contributed by atoms with Gasteiger partial charge >= 0.3 is 0 Å². The van der Waals surface area contributed by atoms with Gasteiger partial charge in [0, 0.05) is 23.3 Å². The van der Waals surface area contributed by atoms with Gasteiger partial charge in [0.25, 0.3) is 0 Å². The van der Waals surface area contributed by atoms with Crippen LogP contribution in [0.15, 0.2) is 30.3 Å². The number of amides is 1. The normalized spacial score (nSPS) is 27.4. The first-order chi connectivity index (χ1) is 12.2. The molecule has 2 aliphatic heterocycles. The average molecular weight is 380 g/mol. The van der Waals surface area contributed by atoms with Gasteiger partial charge in [-0.15, -0.1) is 0 Å². The fourth-order valence-electron chi connectivity index (χ4n) is 3.75. The molecule has 0 bridgehead atoms. The first-order valence-electron chi connectivity index (χ1n) is 9.46. The summed E-state index contributed by atoms with van der Waals surface area (Å²) in [5, 5.41) is 0.661. The van der Waals surface area contributed by atoms with Crippen molar-refractivity contribution in [3.05, 3.63) is 35.9 Å². The van der Waals surface area contributed by atoms with Gasteiger partial charge in [-0.2, -0.15) is 0 Å². The van der Waals surface area contributed by atoms with Crippen LogP contribution in [0.1, 0.15) is 57.6 Å². The SMILES string of the molecule is CCCSSC(C)CC[C@H]1CCC(=O)N2[C@@H]1OC[C@H]2c1ccccc1. The second-order valence-corrected chi connectivity index (χ2v) is 9.98. The smallest absolute Gasteiger partial charge is 0.225 e. The van der Waals surface area contributed by atoms with Gasteiger partial charge in [0.1, 0.15) is 6.23 Å². The van der Waals surface area contributed by atoms with E-state index in [1.54, 1.807) is 0 Å². The van der Waals surface area contributed by atoms with Crippen molar-refractivity contribution in [3.63, 3.8) is 0 Å². The molecule has 0 aromatic heterocycles. The van der Waals surface area contributed by atoms with Gasteiger partial charge in [-0.25, -0.2) is 0 Å². The summed E-state index contributed by atoms with van der Waals surface area (Å²) in [7, 11) is 3.99. The van der Waals surface area contributed by atoms with E-state index in [0.717, 1.165) is 12.8 Å². The van der Waals surface area contributed by atoms with Crippen LogP contribution in [0.25, 0.3) is 0 Å². The lowest BCUT2D eigenvalue weighted by atomic mass is 9.89. The van der Waals surface area contributed by atoms with Crippen molar-refractivity contribution >= 4 is 27.5 Å². The predicted octanol–water partition coefficient (Wildman–Crippen LogP) is 5.28. The Morgan fingerprint density at radius 1 is 1.32 bits per heavy atom. The van der Waals surface area contributed by atoms with Gasteiger partial charge in [0.15, 0.2) is 0 Å². The van der Waals surface area contributed by atoms with Crippen molar-refractivity contribution in [2.24, 2.45) is 5.92 Å². The van der Waals surface area contributed by atoms with Gasteiger partial charge in [-0.05, 0) is 31.2 Å². The number of benzene rings is 1. The molecule has 3 nitrogen and oxygen atoms in total. The van der Waals surface area contributed by atoms with E-state index in [9.17, 15) is 4.79 Å². The summed E-state index contributed by atoms with van der Waals surface area (Å²) in [5.74, 6) is 1.96. The molecule has 2 fully saturated rings. The minimum absolute atomic E-state index is 0.0213. The largest absolute Gasteiger partial charge is 0.355 e. The summed E-state index contributed by atoms with van der Waals surface area (Å²) < 4.78 is 6.13. The van der Waals surface area contributed by atoms with E-state index in [1.807, 2.05) is 44.7 Å². The Morgan fingerprint density at radius 2 is 2.12 bits per heavy atom. The quantitative estimate of drug-likeness (QED) is 0.454. The fourth-order valence-corrected chi connectivity index (χ4v) is 6.25. The molecular formula is C20H29NO2S2. The Bertz CT molecular complexity index is 554. The highest BCUT2D eigenvalue weighted by Crippen LogP contribution is 2.41. The minimum atomic E-state index is -0.0213. The van der Waals surface area contributed by atoms with E-state index in [-0.39, 0.29) is 18.2 Å². The van der Waals surface area contributed by atoms with E-state index < -0.39 is 0 Å². The van der Waals surface area contributed by atoms with E-state index in [2.05, 4.69) is 26.0 Å². The molecule has 0 saturated carbocycles. The van der Waals surface area contributed by atoms with E-state index in [4.69, 9.17) is 4.74 Å². The van der Waals surface area contributed by atoms with Gasteiger partial charge in [-0.1, -0.05) is 65.8 Å². The third-order valence-corrected chi connectivity index (χ3v) is 8.27. The molecule has 0 spiro atoms. The highest BCUT2D eigenvalue weighted by molar-refractivity contribution is 8.76. The predicted molar refractivity (Wildman–Crippen MR) is 108 cm³/mol. The highest BCUT2D eigenvalue weighted by atomic mass is 33.1. The summed E-state index contributed by atoms with van der Waals surface area (Å²) >= 11 is 0. The molecule has 2 saturated heterocycles. The average Bonchev–Trinajstić information content (AvgIpc) is 3.08. The molecule has 1 aromatic rings. The van der Waals surface area contributed by atoms with E-state index >= 15 is 0 Å². The lowest BCUT2D eigenvalue weighted by molar-refractivity contribution is -0.147. The van der Waals surface area contributed by atoms with Crippen LogP contribution in [0.2, 0.25) is 0 Å². The van der Waals surface area contributed by atoms with Gasteiger partial charge in [0.05, 0.1) is 12.6 Å². The Kier molecular flexibility index (Phi) is 7.14. The number of fused-ring (bicyclic) bond motifs is 1. The number of nitrogens with zero attached hydrogens (tertiary/aromatic N) is 1. The number of rotatable bonds is 8. The summed E-state index contributed by atoms with van der Waals surface area (Å²) in [6, 6.07) is 10.4. The maximum atomic E-state index is 12.6. The molecule has 2 aliphatic rings. The van der Waals surface area contributed by atoms with Crippen LogP contribution in [-0.4, -0.2) is 34.6 Å². The maximum Gasteiger partial charge on any atom is 0.225 e. The Balaban J connectivity index is 1.58. The molecule has 138 valence electrons. The van der Waals surface area contributed by atoms with Crippen LogP contribution < -0.4 is 0 Å². The third-order valence-electron chi connectivity index (χ3n) is 5.10. The molecule has 25 heavy (non-hydrogen) atoms. The molecule has 0 radical (unpaired) electrons. The van der Waals surface area contributed by atoms with Crippen LogP contribution in [0.5, 0.6) is 0 Å². The van der Waals surface area contributed by atoms with Crippen molar-refractivity contribution in [1.82, 2.24) is 4.90 Å². The highest BCUT2D eigenvalue weighted by Gasteiger charge is 2.45. The van der Waals surface area contributed by atoms with Crippen LogP contribution >= 0.6 is 21.6 Å². The van der Waals surface area contributed by atoms with Crippen molar-refractivity contribution in [1.29, 1.82) is 0 Å². The van der Waals surface area contributed by atoms with Crippen LogP contribution in [-0.2, 0) is 9.53 Å². The second kappa shape index (κ2) is 9.33. The van der Waals surface area contributed by atoms with E-state index in [0.29, 0.717) is 24.2 Å². The molecule has 0 aliphatic carbocycles. The minimum Gasteiger partial charge on any atom is -0.355 e. The topological polar surface area (TPSA) is 29.5 Å². The zero-order valence-electron chi connectivity index (χ0n) is 15.2. The van der Waals surface area contributed by atoms with Crippen molar-refractivity contribution < 1.29 is 9.53 Å². The first-order valence-corrected chi connectivity index (χ1v) is 11.8. The Morgan fingerprint density at radius 3 is 2.88 bits per heavy atom. The van der Waals surface area contributed by atoms with Crippen molar-refractivity contribution in [2.75, 3.05) is 12.4 Å². The summed E-state index contributed by atoms with van der Waals surface area (Å²) in [4.78, 5) is 14.6. The number of carbonyl (C=O) groups is 1. The number of piperidine rings is 1. The standard InChI is InChI=1S/C20H29NO2S2/c1-3-13-24-25-15(2)9-10-17-11-12-19(22)21-18(14-23-20(17)21)16-7-5-4-6-8-16/h4-8,15,17-18,20H,3,9-14H2,1-2H3/t15?,17-,18-,20+/m0/s1. The van der Waals surface area contributed by atoms with Gasteiger partial charge < -0.3 is 9.64 Å². The summed E-state index contributed by atoms with van der Waals surface area (Å²) in [6.07, 6.45) is 5.20. The third kappa shape index (κ3) is 4.75. The molecule has 4 atom stereocenters. The Labute approximate surface area is 159 Å².